The van der Waals surface area contributed by atoms with Crippen molar-refractivity contribution in [2.45, 2.75) is 27.3 Å². The highest BCUT2D eigenvalue weighted by molar-refractivity contribution is 5.79. The average molecular weight is 410 g/mol. The number of piperazine rings is 1. The number of nitrogens with one attached hydrogen (secondary N) is 1. The minimum Gasteiger partial charge on any atom is -0.368 e. The Morgan fingerprint density at radius 1 is 1.03 bits per heavy atom. The van der Waals surface area contributed by atoms with E-state index in [-0.39, 0.29) is 5.56 Å². The molecule has 3 heterocycles. The molecule has 8 heteroatoms. The Morgan fingerprint density at radius 3 is 2.43 bits per heavy atom. The van der Waals surface area contributed by atoms with Crippen molar-refractivity contribution in [2.75, 3.05) is 43.2 Å². The number of halogens is 1. The van der Waals surface area contributed by atoms with Gasteiger partial charge in [-0.3, -0.25) is 9.69 Å². The van der Waals surface area contributed by atoms with Crippen LogP contribution in [0.4, 0.5) is 16.0 Å². The summed E-state index contributed by atoms with van der Waals surface area (Å²) < 4.78 is 13.3. The molecule has 0 aliphatic carbocycles. The van der Waals surface area contributed by atoms with Gasteiger partial charge in [0.25, 0.3) is 5.56 Å². The van der Waals surface area contributed by atoms with Crippen molar-refractivity contribution in [1.29, 1.82) is 0 Å². The van der Waals surface area contributed by atoms with Gasteiger partial charge >= 0.3 is 0 Å². The molecule has 0 saturated carbocycles. The Kier molecular flexibility index (Phi) is 5.42. The summed E-state index contributed by atoms with van der Waals surface area (Å²) in [5.74, 6) is 0.324. The van der Waals surface area contributed by atoms with Crippen molar-refractivity contribution in [2.24, 2.45) is 0 Å². The van der Waals surface area contributed by atoms with Gasteiger partial charge in [0.05, 0.1) is 22.4 Å². The SMILES string of the molecule is Cc1nc(N(C)F)ccc1N1CCN(Cc2ccc3nc(C)c(=O)[nH]c3c2C)CC1. The molecule has 30 heavy (non-hydrogen) atoms. The number of nitrogens with zero attached hydrogens (tertiary/aromatic N) is 5. The molecule has 0 spiro atoms. The van der Waals surface area contributed by atoms with Crippen molar-refractivity contribution in [3.8, 4) is 0 Å². The lowest BCUT2D eigenvalue weighted by Crippen LogP contribution is -2.46. The van der Waals surface area contributed by atoms with E-state index in [0.29, 0.717) is 16.6 Å². The summed E-state index contributed by atoms with van der Waals surface area (Å²) in [4.78, 5) is 28.4. The van der Waals surface area contributed by atoms with Crippen LogP contribution in [-0.4, -0.2) is 53.1 Å². The van der Waals surface area contributed by atoms with Gasteiger partial charge in [-0.05, 0) is 50.1 Å². The molecule has 1 N–H and O–H groups in total. The first kappa shape index (κ1) is 20.3. The van der Waals surface area contributed by atoms with Crippen LogP contribution in [0, 0.1) is 20.8 Å². The van der Waals surface area contributed by atoms with Crippen molar-refractivity contribution >= 4 is 22.5 Å². The van der Waals surface area contributed by atoms with E-state index in [1.807, 2.05) is 26.0 Å². The lowest BCUT2D eigenvalue weighted by molar-refractivity contribution is 0.249. The number of aryl methyl sites for hydroxylation is 3. The van der Waals surface area contributed by atoms with Crippen LogP contribution in [-0.2, 0) is 6.54 Å². The van der Waals surface area contributed by atoms with E-state index in [0.717, 1.165) is 60.7 Å². The molecular weight excluding hydrogens is 383 g/mol. The Labute approximate surface area is 175 Å². The van der Waals surface area contributed by atoms with Crippen LogP contribution in [0.5, 0.6) is 0 Å². The van der Waals surface area contributed by atoms with Gasteiger partial charge in [-0.15, -0.1) is 0 Å². The highest BCUT2D eigenvalue weighted by Gasteiger charge is 2.20. The lowest BCUT2D eigenvalue weighted by Gasteiger charge is -2.37. The summed E-state index contributed by atoms with van der Waals surface area (Å²) in [6.07, 6.45) is 0. The molecule has 0 unspecified atom stereocenters. The quantitative estimate of drug-likeness (QED) is 0.667. The van der Waals surface area contributed by atoms with E-state index in [1.165, 1.54) is 12.6 Å². The van der Waals surface area contributed by atoms with Crippen molar-refractivity contribution < 1.29 is 4.48 Å². The molecule has 0 atom stereocenters. The molecule has 1 aromatic carbocycles. The Balaban J connectivity index is 1.46. The van der Waals surface area contributed by atoms with Gasteiger partial charge in [-0.1, -0.05) is 10.5 Å². The number of hydrogen-bond donors (Lipinski definition) is 1. The molecule has 1 saturated heterocycles. The topological polar surface area (TPSA) is 68.4 Å². The number of aromatic nitrogens is 3. The maximum Gasteiger partial charge on any atom is 0.269 e. The largest absolute Gasteiger partial charge is 0.368 e. The molecule has 0 amide bonds. The van der Waals surface area contributed by atoms with Gasteiger partial charge in [0.1, 0.15) is 5.69 Å². The van der Waals surface area contributed by atoms with Crippen molar-refractivity contribution in [1.82, 2.24) is 19.9 Å². The minimum absolute atomic E-state index is 0.134. The number of pyridine rings is 1. The Hall–Kier alpha value is -3.00. The lowest BCUT2D eigenvalue weighted by atomic mass is 10.1. The second-order valence-corrected chi connectivity index (χ2v) is 7.91. The van der Waals surface area contributed by atoms with Crippen LogP contribution in [0.15, 0.2) is 29.1 Å². The fourth-order valence-corrected chi connectivity index (χ4v) is 4.03. The molecule has 2 aromatic heterocycles. The van der Waals surface area contributed by atoms with E-state index >= 15 is 0 Å². The molecular formula is C22H27FN6O. The van der Waals surface area contributed by atoms with E-state index in [1.54, 1.807) is 13.0 Å². The second kappa shape index (κ2) is 8.02. The third-order valence-corrected chi connectivity index (χ3v) is 5.88. The third kappa shape index (κ3) is 3.87. The number of benzene rings is 1. The van der Waals surface area contributed by atoms with Gasteiger partial charge in [0.15, 0.2) is 5.82 Å². The smallest absolute Gasteiger partial charge is 0.269 e. The molecule has 7 nitrogen and oxygen atoms in total. The summed E-state index contributed by atoms with van der Waals surface area (Å²) in [6.45, 7) is 10.1. The minimum atomic E-state index is -0.134. The number of fused-ring (bicyclic) bond motifs is 1. The zero-order chi connectivity index (χ0) is 21.4. The van der Waals surface area contributed by atoms with Crippen molar-refractivity contribution in [3.05, 3.63) is 57.1 Å². The molecule has 1 aliphatic heterocycles. The summed E-state index contributed by atoms with van der Waals surface area (Å²) in [5, 5.41) is 0.532. The van der Waals surface area contributed by atoms with Gasteiger partial charge in [0.2, 0.25) is 0 Å². The monoisotopic (exact) mass is 410 g/mol. The molecule has 1 fully saturated rings. The number of aromatic amines is 1. The summed E-state index contributed by atoms with van der Waals surface area (Å²) in [6, 6.07) is 7.75. The molecule has 1 aliphatic rings. The van der Waals surface area contributed by atoms with E-state index in [4.69, 9.17) is 0 Å². The molecule has 4 rings (SSSR count). The van der Waals surface area contributed by atoms with Crippen molar-refractivity contribution in [3.63, 3.8) is 0 Å². The number of H-pyrrole nitrogens is 1. The highest BCUT2D eigenvalue weighted by Crippen LogP contribution is 2.25. The summed E-state index contributed by atoms with van der Waals surface area (Å²) >= 11 is 0. The molecule has 0 radical (unpaired) electrons. The first-order valence-corrected chi connectivity index (χ1v) is 10.2. The standard InChI is InChI=1S/C22H27FN6O/c1-14-17(5-6-18-21(14)26-22(30)16(3)24-18)13-28-9-11-29(12-10-28)19-7-8-20(27(4)23)25-15(19)2/h5-8H,9-13H2,1-4H3,(H,26,30). The normalized spacial score (nSPS) is 15.0. The van der Waals surface area contributed by atoms with Crippen LogP contribution in [0.3, 0.4) is 0 Å². The van der Waals surface area contributed by atoms with Gasteiger partial charge in [-0.2, -0.15) is 5.12 Å². The predicted octanol–water partition coefficient (Wildman–Crippen LogP) is 2.89. The van der Waals surface area contributed by atoms with Gasteiger partial charge < -0.3 is 9.88 Å². The highest BCUT2D eigenvalue weighted by atomic mass is 19.2. The fourth-order valence-electron chi connectivity index (χ4n) is 4.03. The van der Waals surface area contributed by atoms with Gasteiger partial charge in [-0.25, -0.2) is 9.97 Å². The second-order valence-electron chi connectivity index (χ2n) is 7.91. The maximum absolute atomic E-state index is 13.3. The maximum atomic E-state index is 13.3. The van der Waals surface area contributed by atoms with Crippen LogP contribution in [0.1, 0.15) is 22.5 Å². The molecule has 0 bridgehead atoms. The van der Waals surface area contributed by atoms with Crippen LogP contribution >= 0.6 is 0 Å². The number of rotatable bonds is 4. The summed E-state index contributed by atoms with van der Waals surface area (Å²) in [7, 11) is 1.35. The fraction of sp³-hybridized carbons (Fsp3) is 0.409. The zero-order valence-electron chi connectivity index (χ0n) is 17.9. The van der Waals surface area contributed by atoms with E-state index in [2.05, 4.69) is 30.8 Å². The van der Waals surface area contributed by atoms with E-state index < -0.39 is 0 Å². The number of hydrogen-bond acceptors (Lipinski definition) is 6. The number of anilines is 2. The van der Waals surface area contributed by atoms with Crippen LogP contribution in [0.25, 0.3) is 11.0 Å². The average Bonchev–Trinajstić information content (AvgIpc) is 2.72. The van der Waals surface area contributed by atoms with Crippen LogP contribution < -0.4 is 15.6 Å². The van der Waals surface area contributed by atoms with Crippen LogP contribution in [0.2, 0.25) is 0 Å². The Morgan fingerprint density at radius 2 is 1.77 bits per heavy atom. The van der Waals surface area contributed by atoms with E-state index in [9.17, 15) is 9.28 Å². The predicted molar refractivity (Wildman–Crippen MR) is 118 cm³/mol. The summed E-state index contributed by atoms with van der Waals surface area (Å²) in [5.41, 5.74) is 6.16. The zero-order valence-corrected chi connectivity index (χ0v) is 17.9. The molecule has 158 valence electrons. The first-order chi connectivity index (χ1) is 14.3. The Bertz CT molecular complexity index is 1130. The first-order valence-electron chi connectivity index (χ1n) is 10.2. The third-order valence-electron chi connectivity index (χ3n) is 5.88. The van der Waals surface area contributed by atoms with Gasteiger partial charge in [0, 0.05) is 39.8 Å². The molecule has 3 aromatic rings.